The minimum Gasteiger partial charge on any atom is -0.474 e. The van der Waals surface area contributed by atoms with Gasteiger partial charge < -0.3 is 4.74 Å². The number of nitrogens with one attached hydrogen (secondary N) is 1. The molecule has 2 heterocycles. The van der Waals surface area contributed by atoms with Crippen molar-refractivity contribution in [2.75, 3.05) is 0 Å². The average molecular weight is 258 g/mol. The zero-order valence-corrected chi connectivity index (χ0v) is 9.88. The monoisotopic (exact) mass is 257 g/mol. The normalized spacial score (nSPS) is 11.1. The molecular formula is C10H9ClFN3O2. The summed E-state index contributed by atoms with van der Waals surface area (Å²) < 4.78 is 19.0. The second-order valence-electron chi connectivity index (χ2n) is 3.68. The Labute approximate surface area is 101 Å². The van der Waals surface area contributed by atoms with Crippen molar-refractivity contribution in [3.05, 3.63) is 27.5 Å². The molecule has 90 valence electrons. The standard InChI is InChI=1S/C10H9ClFN3O2/c1-4(2)17-10-6-5(3-13-15-9(6)16)7(12)8(11)14-10/h3-4H,1-2H3,(H,15,16). The smallest absolute Gasteiger partial charge is 0.277 e. The Morgan fingerprint density at radius 2 is 2.24 bits per heavy atom. The fourth-order valence-electron chi connectivity index (χ4n) is 1.39. The molecule has 0 bridgehead atoms. The van der Waals surface area contributed by atoms with Crippen molar-refractivity contribution in [2.24, 2.45) is 0 Å². The number of fused-ring (bicyclic) bond motifs is 1. The molecule has 0 saturated heterocycles. The number of H-pyrrole nitrogens is 1. The second-order valence-corrected chi connectivity index (χ2v) is 4.03. The lowest BCUT2D eigenvalue weighted by atomic mass is 10.2. The zero-order chi connectivity index (χ0) is 12.6. The molecule has 0 unspecified atom stereocenters. The second kappa shape index (κ2) is 4.29. The summed E-state index contributed by atoms with van der Waals surface area (Å²) in [4.78, 5) is 15.3. The van der Waals surface area contributed by atoms with Crippen LogP contribution in [0.15, 0.2) is 11.0 Å². The van der Waals surface area contributed by atoms with Gasteiger partial charge in [-0.05, 0) is 13.8 Å². The van der Waals surface area contributed by atoms with Crippen LogP contribution in [-0.2, 0) is 0 Å². The van der Waals surface area contributed by atoms with Crippen molar-refractivity contribution in [3.63, 3.8) is 0 Å². The summed E-state index contributed by atoms with van der Waals surface area (Å²) in [7, 11) is 0. The first kappa shape index (κ1) is 11.8. The molecule has 0 aromatic carbocycles. The first-order valence-corrected chi connectivity index (χ1v) is 5.27. The van der Waals surface area contributed by atoms with Crippen molar-refractivity contribution >= 4 is 22.4 Å². The van der Waals surface area contributed by atoms with E-state index >= 15 is 0 Å². The number of aromatic amines is 1. The topological polar surface area (TPSA) is 67.9 Å². The third-order valence-electron chi connectivity index (χ3n) is 2.03. The van der Waals surface area contributed by atoms with Crippen LogP contribution < -0.4 is 10.3 Å². The lowest BCUT2D eigenvalue weighted by Crippen LogP contribution is -2.14. The molecule has 5 nitrogen and oxygen atoms in total. The first-order chi connectivity index (χ1) is 8.00. The van der Waals surface area contributed by atoms with Crippen LogP contribution in [0, 0.1) is 5.82 Å². The van der Waals surface area contributed by atoms with Gasteiger partial charge in [-0.3, -0.25) is 4.79 Å². The lowest BCUT2D eigenvalue weighted by Gasteiger charge is -2.11. The van der Waals surface area contributed by atoms with Crippen molar-refractivity contribution in [2.45, 2.75) is 20.0 Å². The van der Waals surface area contributed by atoms with Crippen molar-refractivity contribution < 1.29 is 9.13 Å². The Morgan fingerprint density at radius 3 is 2.88 bits per heavy atom. The largest absolute Gasteiger partial charge is 0.474 e. The molecule has 2 aromatic heterocycles. The average Bonchev–Trinajstić information content (AvgIpc) is 2.24. The van der Waals surface area contributed by atoms with E-state index in [1.807, 2.05) is 0 Å². The number of halogens is 2. The van der Waals surface area contributed by atoms with Gasteiger partial charge in [0.15, 0.2) is 11.0 Å². The van der Waals surface area contributed by atoms with Gasteiger partial charge in [0.05, 0.1) is 17.7 Å². The molecule has 1 N–H and O–H groups in total. The maximum atomic E-state index is 13.7. The van der Waals surface area contributed by atoms with E-state index in [0.717, 1.165) is 0 Å². The Bertz CT molecular complexity index is 627. The van der Waals surface area contributed by atoms with E-state index in [4.69, 9.17) is 16.3 Å². The SMILES string of the molecule is CC(C)Oc1nc(Cl)c(F)c2cn[nH]c(=O)c12. The van der Waals surface area contributed by atoms with E-state index in [9.17, 15) is 9.18 Å². The predicted molar refractivity (Wildman–Crippen MR) is 60.9 cm³/mol. The number of hydrogen-bond acceptors (Lipinski definition) is 4. The number of ether oxygens (including phenoxy) is 1. The maximum absolute atomic E-state index is 13.7. The fourth-order valence-corrected chi connectivity index (χ4v) is 1.57. The quantitative estimate of drug-likeness (QED) is 0.835. The zero-order valence-electron chi connectivity index (χ0n) is 9.12. The molecule has 0 aliphatic heterocycles. The molecule has 7 heteroatoms. The molecular weight excluding hydrogens is 249 g/mol. The van der Waals surface area contributed by atoms with Crippen molar-refractivity contribution in [3.8, 4) is 5.88 Å². The van der Waals surface area contributed by atoms with Gasteiger partial charge in [0.25, 0.3) is 5.56 Å². The molecule has 0 saturated carbocycles. The molecule has 2 aromatic rings. The third kappa shape index (κ3) is 2.08. The van der Waals surface area contributed by atoms with Gasteiger partial charge in [0.1, 0.15) is 5.39 Å². The van der Waals surface area contributed by atoms with Gasteiger partial charge in [-0.1, -0.05) is 11.6 Å². The van der Waals surface area contributed by atoms with E-state index in [1.54, 1.807) is 13.8 Å². The van der Waals surface area contributed by atoms with E-state index in [0.29, 0.717) is 0 Å². The van der Waals surface area contributed by atoms with Crippen LogP contribution in [0.2, 0.25) is 5.15 Å². The molecule has 17 heavy (non-hydrogen) atoms. The summed E-state index contributed by atoms with van der Waals surface area (Å²) in [6.07, 6.45) is 0.965. The van der Waals surface area contributed by atoms with Gasteiger partial charge >= 0.3 is 0 Å². The fraction of sp³-hybridized carbons (Fsp3) is 0.300. The van der Waals surface area contributed by atoms with Crippen LogP contribution in [0.1, 0.15) is 13.8 Å². The highest BCUT2D eigenvalue weighted by molar-refractivity contribution is 6.30. The summed E-state index contributed by atoms with van der Waals surface area (Å²) in [6.45, 7) is 3.53. The highest BCUT2D eigenvalue weighted by atomic mass is 35.5. The highest BCUT2D eigenvalue weighted by Gasteiger charge is 2.17. The van der Waals surface area contributed by atoms with Gasteiger partial charge in [0.2, 0.25) is 5.88 Å². The minimum atomic E-state index is -0.781. The molecule has 0 aliphatic carbocycles. The van der Waals surface area contributed by atoms with Crippen molar-refractivity contribution in [1.29, 1.82) is 0 Å². The van der Waals surface area contributed by atoms with Gasteiger partial charge in [-0.25, -0.2) is 9.49 Å². The lowest BCUT2D eigenvalue weighted by molar-refractivity contribution is 0.235. The molecule has 0 radical (unpaired) electrons. The number of aromatic nitrogens is 3. The summed E-state index contributed by atoms with van der Waals surface area (Å²) >= 11 is 5.62. The van der Waals surface area contributed by atoms with Gasteiger partial charge in [0, 0.05) is 0 Å². The molecule has 0 spiro atoms. The minimum absolute atomic E-state index is 0.00468. The van der Waals surface area contributed by atoms with Gasteiger partial charge in [-0.15, -0.1) is 0 Å². The van der Waals surface area contributed by atoms with Crippen LogP contribution in [0.25, 0.3) is 10.8 Å². The Kier molecular flexibility index (Phi) is 2.97. The van der Waals surface area contributed by atoms with E-state index < -0.39 is 11.4 Å². The van der Waals surface area contributed by atoms with Crippen LogP contribution in [0.4, 0.5) is 4.39 Å². The number of pyridine rings is 1. The highest BCUT2D eigenvalue weighted by Crippen LogP contribution is 2.27. The van der Waals surface area contributed by atoms with Crippen LogP contribution in [-0.4, -0.2) is 21.3 Å². The van der Waals surface area contributed by atoms with E-state index in [1.165, 1.54) is 6.20 Å². The Morgan fingerprint density at radius 1 is 1.53 bits per heavy atom. The molecule has 0 amide bonds. The summed E-state index contributed by atoms with van der Waals surface area (Å²) in [5, 5.41) is 5.37. The van der Waals surface area contributed by atoms with E-state index in [2.05, 4.69) is 15.2 Å². The van der Waals surface area contributed by atoms with E-state index in [-0.39, 0.29) is 27.9 Å². The number of rotatable bonds is 2. The maximum Gasteiger partial charge on any atom is 0.277 e. The molecule has 0 fully saturated rings. The van der Waals surface area contributed by atoms with Crippen LogP contribution >= 0.6 is 11.6 Å². The summed E-state index contributed by atoms with van der Waals surface area (Å²) in [5.41, 5.74) is -0.568. The number of hydrogen-bond donors (Lipinski definition) is 1. The third-order valence-corrected chi connectivity index (χ3v) is 2.29. The van der Waals surface area contributed by atoms with Crippen LogP contribution in [0.3, 0.4) is 0 Å². The Balaban J connectivity index is 2.83. The van der Waals surface area contributed by atoms with Crippen molar-refractivity contribution in [1.82, 2.24) is 15.2 Å². The molecule has 0 aliphatic rings. The summed E-state index contributed by atoms with van der Waals surface area (Å²) in [5.74, 6) is -0.776. The molecule has 0 atom stereocenters. The molecule has 2 rings (SSSR count). The Hall–Kier alpha value is -1.69. The van der Waals surface area contributed by atoms with Gasteiger partial charge in [-0.2, -0.15) is 10.1 Å². The van der Waals surface area contributed by atoms with Crippen LogP contribution in [0.5, 0.6) is 5.88 Å². The predicted octanol–water partition coefficient (Wildman–Crippen LogP) is 1.90. The summed E-state index contributed by atoms with van der Waals surface area (Å²) in [6, 6.07) is 0. The first-order valence-electron chi connectivity index (χ1n) is 4.89. The number of nitrogens with zero attached hydrogens (tertiary/aromatic N) is 2.